The quantitative estimate of drug-likeness (QED) is 0.800. The predicted molar refractivity (Wildman–Crippen MR) is 81.3 cm³/mol. The number of carbonyl (C=O) groups is 1. The third-order valence-corrected chi connectivity index (χ3v) is 4.06. The van der Waals surface area contributed by atoms with E-state index in [-0.39, 0.29) is 6.04 Å². The molecule has 0 bridgehead atoms. The number of urea groups is 1. The van der Waals surface area contributed by atoms with Crippen molar-refractivity contribution in [1.82, 2.24) is 10.6 Å². The number of ether oxygens (including phenoxy) is 1. The van der Waals surface area contributed by atoms with Crippen LogP contribution in [-0.2, 0) is 0 Å². The summed E-state index contributed by atoms with van der Waals surface area (Å²) in [6, 6.07) is 3.34. The Labute approximate surface area is 129 Å². The summed E-state index contributed by atoms with van der Waals surface area (Å²) < 4.78 is 19.1. The Hall–Kier alpha value is -1.82. The molecule has 1 aromatic carbocycles. The first-order chi connectivity index (χ1) is 10.5. The maximum atomic E-state index is 14.0. The third-order valence-electron chi connectivity index (χ3n) is 4.06. The number of aliphatic hydroxyl groups is 1. The SMILES string of the molecule is COc1cccc(F)c1[C@H](C)NC(=O)N[C@H]1CCCC[C@H]1O. The topological polar surface area (TPSA) is 70.6 Å². The van der Waals surface area contributed by atoms with Gasteiger partial charge in [-0.3, -0.25) is 0 Å². The number of benzene rings is 1. The number of methoxy groups -OCH3 is 1. The van der Waals surface area contributed by atoms with E-state index in [0.717, 1.165) is 19.3 Å². The van der Waals surface area contributed by atoms with E-state index in [2.05, 4.69) is 10.6 Å². The molecule has 2 amide bonds. The zero-order valence-corrected chi connectivity index (χ0v) is 12.9. The second-order valence-corrected chi connectivity index (χ2v) is 5.65. The van der Waals surface area contributed by atoms with E-state index in [0.29, 0.717) is 17.7 Å². The van der Waals surface area contributed by atoms with Gasteiger partial charge in [-0.05, 0) is 31.9 Å². The van der Waals surface area contributed by atoms with Gasteiger partial charge in [0.2, 0.25) is 0 Å². The average Bonchev–Trinajstić information content (AvgIpc) is 2.49. The molecular weight excluding hydrogens is 287 g/mol. The molecule has 0 spiro atoms. The number of rotatable bonds is 4. The van der Waals surface area contributed by atoms with Gasteiger partial charge >= 0.3 is 6.03 Å². The van der Waals surface area contributed by atoms with Crippen LogP contribution in [-0.4, -0.2) is 30.4 Å². The van der Waals surface area contributed by atoms with Gasteiger partial charge in [0.25, 0.3) is 0 Å². The van der Waals surface area contributed by atoms with Crippen molar-refractivity contribution in [2.75, 3.05) is 7.11 Å². The predicted octanol–water partition coefficient (Wildman–Crippen LogP) is 2.50. The maximum Gasteiger partial charge on any atom is 0.315 e. The number of hydrogen-bond donors (Lipinski definition) is 3. The number of nitrogens with one attached hydrogen (secondary N) is 2. The summed E-state index contributed by atoms with van der Waals surface area (Å²) in [6.45, 7) is 1.69. The van der Waals surface area contributed by atoms with Crippen LogP contribution in [0, 0.1) is 5.82 Å². The Morgan fingerprint density at radius 2 is 2.14 bits per heavy atom. The van der Waals surface area contributed by atoms with Crippen molar-refractivity contribution in [3.05, 3.63) is 29.6 Å². The highest BCUT2D eigenvalue weighted by Crippen LogP contribution is 2.27. The molecular formula is C16H23FN2O3. The standard InChI is InChI=1S/C16H23FN2O3/c1-10(15-11(17)6-5-9-14(15)22-2)18-16(21)19-12-7-3-4-8-13(12)20/h5-6,9-10,12-13,20H,3-4,7-8H2,1-2H3,(H2,18,19,21)/t10-,12-,13+/m0/s1. The third kappa shape index (κ3) is 3.88. The number of hydrogen-bond acceptors (Lipinski definition) is 3. The van der Waals surface area contributed by atoms with E-state index in [4.69, 9.17) is 4.74 Å². The van der Waals surface area contributed by atoms with Crippen LogP contribution in [0.3, 0.4) is 0 Å². The Morgan fingerprint density at radius 3 is 2.82 bits per heavy atom. The number of carbonyl (C=O) groups excluding carboxylic acids is 1. The van der Waals surface area contributed by atoms with Gasteiger partial charge in [-0.1, -0.05) is 18.9 Å². The maximum absolute atomic E-state index is 14.0. The minimum Gasteiger partial charge on any atom is -0.496 e. The molecule has 1 saturated carbocycles. The molecule has 0 unspecified atom stereocenters. The fourth-order valence-corrected chi connectivity index (χ4v) is 2.87. The van der Waals surface area contributed by atoms with Gasteiger partial charge in [0.15, 0.2) is 0 Å². The molecule has 1 fully saturated rings. The fraction of sp³-hybridized carbons (Fsp3) is 0.562. The van der Waals surface area contributed by atoms with Crippen LogP contribution >= 0.6 is 0 Å². The van der Waals surface area contributed by atoms with Crippen LogP contribution in [0.25, 0.3) is 0 Å². The first-order valence-corrected chi connectivity index (χ1v) is 7.60. The summed E-state index contributed by atoms with van der Waals surface area (Å²) in [7, 11) is 1.46. The minimum absolute atomic E-state index is 0.247. The molecule has 3 N–H and O–H groups in total. The van der Waals surface area contributed by atoms with Gasteiger partial charge in [-0.2, -0.15) is 0 Å². The number of amides is 2. The molecule has 5 nitrogen and oxygen atoms in total. The summed E-state index contributed by atoms with van der Waals surface area (Å²) in [6.07, 6.45) is 2.90. The van der Waals surface area contributed by atoms with Crippen molar-refractivity contribution in [2.24, 2.45) is 0 Å². The van der Waals surface area contributed by atoms with Crippen LogP contribution in [0.15, 0.2) is 18.2 Å². The largest absolute Gasteiger partial charge is 0.496 e. The number of aliphatic hydroxyl groups excluding tert-OH is 1. The van der Waals surface area contributed by atoms with Gasteiger partial charge in [0, 0.05) is 0 Å². The lowest BCUT2D eigenvalue weighted by molar-refractivity contribution is 0.0940. The summed E-state index contributed by atoms with van der Waals surface area (Å²) in [5.41, 5.74) is 0.310. The Bertz CT molecular complexity index is 524. The molecule has 0 heterocycles. The van der Waals surface area contributed by atoms with Gasteiger partial charge in [-0.25, -0.2) is 9.18 Å². The van der Waals surface area contributed by atoms with E-state index in [1.165, 1.54) is 13.2 Å². The molecule has 0 aliphatic heterocycles. The summed E-state index contributed by atoms with van der Waals surface area (Å²) in [5.74, 6) is -0.0321. The van der Waals surface area contributed by atoms with E-state index < -0.39 is 24.0 Å². The van der Waals surface area contributed by atoms with Crippen molar-refractivity contribution in [1.29, 1.82) is 0 Å². The van der Waals surface area contributed by atoms with E-state index in [9.17, 15) is 14.3 Å². The summed E-state index contributed by atoms with van der Waals surface area (Å²) >= 11 is 0. The molecule has 1 aliphatic carbocycles. The molecule has 2 rings (SSSR count). The van der Waals surface area contributed by atoms with Crippen molar-refractivity contribution in [2.45, 2.75) is 50.8 Å². The van der Waals surface area contributed by atoms with Crippen LogP contribution in [0.4, 0.5) is 9.18 Å². The van der Waals surface area contributed by atoms with Gasteiger partial charge in [0.1, 0.15) is 11.6 Å². The zero-order valence-electron chi connectivity index (χ0n) is 12.9. The van der Waals surface area contributed by atoms with Gasteiger partial charge in [-0.15, -0.1) is 0 Å². The lowest BCUT2D eigenvalue weighted by atomic mass is 9.93. The normalized spacial score (nSPS) is 22.7. The van der Waals surface area contributed by atoms with Crippen molar-refractivity contribution in [3.63, 3.8) is 0 Å². The Kier molecular flexibility index (Phi) is 5.60. The minimum atomic E-state index is -0.545. The molecule has 1 aromatic rings. The Morgan fingerprint density at radius 1 is 1.41 bits per heavy atom. The zero-order chi connectivity index (χ0) is 16.1. The van der Waals surface area contributed by atoms with E-state index >= 15 is 0 Å². The monoisotopic (exact) mass is 310 g/mol. The lowest BCUT2D eigenvalue weighted by Crippen LogP contribution is -2.49. The highest BCUT2D eigenvalue weighted by atomic mass is 19.1. The van der Waals surface area contributed by atoms with Gasteiger partial charge in [0.05, 0.1) is 30.9 Å². The molecule has 22 heavy (non-hydrogen) atoms. The molecule has 3 atom stereocenters. The average molecular weight is 310 g/mol. The molecule has 0 aromatic heterocycles. The van der Waals surface area contributed by atoms with Crippen molar-refractivity contribution >= 4 is 6.03 Å². The van der Waals surface area contributed by atoms with Crippen LogP contribution in [0.1, 0.15) is 44.2 Å². The van der Waals surface area contributed by atoms with Crippen LogP contribution in [0.2, 0.25) is 0 Å². The summed E-state index contributed by atoms with van der Waals surface area (Å²) in [5, 5.41) is 15.3. The molecule has 0 saturated heterocycles. The van der Waals surface area contributed by atoms with Gasteiger partial charge < -0.3 is 20.5 Å². The van der Waals surface area contributed by atoms with Crippen molar-refractivity contribution < 1.29 is 19.0 Å². The molecule has 0 radical (unpaired) electrons. The van der Waals surface area contributed by atoms with Crippen LogP contribution < -0.4 is 15.4 Å². The van der Waals surface area contributed by atoms with Crippen molar-refractivity contribution in [3.8, 4) is 5.75 Å². The first-order valence-electron chi connectivity index (χ1n) is 7.60. The molecule has 122 valence electrons. The first kappa shape index (κ1) is 16.5. The summed E-state index contributed by atoms with van der Waals surface area (Å²) in [4.78, 5) is 12.1. The smallest absolute Gasteiger partial charge is 0.315 e. The number of halogens is 1. The molecule has 6 heteroatoms. The second kappa shape index (κ2) is 7.45. The van der Waals surface area contributed by atoms with E-state index in [1.54, 1.807) is 19.1 Å². The fourth-order valence-electron chi connectivity index (χ4n) is 2.87. The van der Waals surface area contributed by atoms with Crippen LogP contribution in [0.5, 0.6) is 5.75 Å². The van der Waals surface area contributed by atoms with E-state index in [1.807, 2.05) is 0 Å². The Balaban J connectivity index is 1.99. The highest BCUT2D eigenvalue weighted by molar-refractivity contribution is 5.75. The lowest BCUT2D eigenvalue weighted by Gasteiger charge is -2.29. The molecule has 1 aliphatic rings. The second-order valence-electron chi connectivity index (χ2n) is 5.65. The highest BCUT2D eigenvalue weighted by Gasteiger charge is 2.25.